The lowest BCUT2D eigenvalue weighted by Crippen LogP contribution is -2.30. The summed E-state index contributed by atoms with van der Waals surface area (Å²) in [4.78, 5) is 47.1. The maximum absolute atomic E-state index is 12.9. The van der Waals surface area contributed by atoms with E-state index in [0.717, 1.165) is 63.6 Å². The van der Waals surface area contributed by atoms with Crippen molar-refractivity contribution in [1.82, 2.24) is 19.6 Å². The number of carboxylic acid groups (broad SMARTS) is 1. The number of cyclic esters (lactones) is 1. The number of aliphatic carboxylic acids is 1. The smallest absolute Gasteiger partial charge is 0.317 e. The van der Waals surface area contributed by atoms with Crippen molar-refractivity contribution in [1.29, 1.82) is 0 Å². The summed E-state index contributed by atoms with van der Waals surface area (Å²) in [7, 11) is 0. The molecule has 5 N–H and O–H groups in total. The van der Waals surface area contributed by atoms with E-state index in [2.05, 4.69) is 47.4 Å². The van der Waals surface area contributed by atoms with Crippen LogP contribution < -0.4 is 11.1 Å². The molecular weight excluding hydrogens is 1220 g/mol. The van der Waals surface area contributed by atoms with Crippen molar-refractivity contribution in [3.05, 3.63) is 229 Å². The summed E-state index contributed by atoms with van der Waals surface area (Å²) in [6, 6.07) is 62.0. The van der Waals surface area contributed by atoms with E-state index >= 15 is 0 Å². The Labute approximate surface area is 491 Å². The van der Waals surface area contributed by atoms with Gasteiger partial charge >= 0.3 is 11.9 Å². The Morgan fingerprint density at radius 3 is 1.39 bits per heavy atom. The molecule has 2 aromatic heterocycles. The summed E-state index contributed by atoms with van der Waals surface area (Å²) in [5.41, 5.74) is 9.54. The first-order valence-electron chi connectivity index (χ1n) is 25.7. The first-order chi connectivity index (χ1) is 37.9. The van der Waals surface area contributed by atoms with Crippen LogP contribution >= 0.6 is 60.4 Å². The molecule has 8 atom stereocenters. The lowest BCUT2D eigenvalue weighted by molar-refractivity contribution is -0.142. The van der Waals surface area contributed by atoms with E-state index in [4.69, 9.17) is 22.1 Å². The number of ether oxygens (including phenoxy) is 1. The summed E-state index contributed by atoms with van der Waals surface area (Å²) in [6.45, 7) is 0.620. The average Bonchev–Trinajstić information content (AvgIpc) is 4.23. The van der Waals surface area contributed by atoms with Gasteiger partial charge < -0.3 is 26.0 Å². The molecule has 6 aromatic carbocycles. The number of alkyl halides is 2. The van der Waals surface area contributed by atoms with Crippen LogP contribution in [0.25, 0.3) is 11.4 Å². The summed E-state index contributed by atoms with van der Waals surface area (Å²) >= 11 is 12.4. The monoisotopic (exact) mass is 1270 g/mol. The zero-order valence-corrected chi connectivity index (χ0v) is 48.6. The van der Waals surface area contributed by atoms with Gasteiger partial charge in [0.2, 0.25) is 11.1 Å². The summed E-state index contributed by atoms with van der Waals surface area (Å²) in [5, 5.41) is 31.6. The van der Waals surface area contributed by atoms with Crippen LogP contribution in [0.15, 0.2) is 207 Å². The van der Waals surface area contributed by atoms with Gasteiger partial charge in [-0.1, -0.05) is 190 Å². The van der Waals surface area contributed by atoms with Gasteiger partial charge in [-0.3, -0.25) is 19.2 Å². The third-order valence-electron chi connectivity index (χ3n) is 15.6. The lowest BCUT2D eigenvalue weighted by atomic mass is 9.92. The van der Waals surface area contributed by atoms with E-state index in [1.54, 1.807) is 21.5 Å². The number of benzene rings is 6. The van der Waals surface area contributed by atoms with Crippen molar-refractivity contribution in [2.75, 3.05) is 34.9 Å². The Kier molecular flexibility index (Phi) is 19.0. The first-order valence-corrected chi connectivity index (χ1v) is 28.3. The molecule has 5 aliphatic rings. The SMILES string of the molecule is Br.Nc1ccn(-c2ccccc2)n1.O=C(Cl)C1(c2ccccc2)CC1CBr.O=C(Nc1ccn(-c2ccccc2)n1)C1(c2ccccc2)CC1CO.O=C(O)C1(c2ccccc2)CC1CBr.O=C1OCC2CC12c1ccccc1. The maximum atomic E-state index is 12.9. The number of anilines is 2. The molecule has 5 fully saturated rings. The average molecular weight is 1280 g/mol. The minimum absolute atomic E-state index is 0. The number of hydrogen-bond acceptors (Lipinski definition) is 9. The van der Waals surface area contributed by atoms with Gasteiger partial charge in [0.05, 0.1) is 39.6 Å². The number of amides is 1. The molecule has 0 radical (unpaired) electrons. The van der Waals surface area contributed by atoms with Gasteiger partial charge in [0.15, 0.2) is 5.82 Å². The molecule has 4 aliphatic carbocycles. The second-order valence-electron chi connectivity index (χ2n) is 20.1. The summed E-state index contributed by atoms with van der Waals surface area (Å²) in [6.07, 6.45) is 6.90. The number of aliphatic hydroxyl groups excluding tert-OH is 1. The number of aliphatic hydroxyl groups is 1. The molecule has 8 unspecified atom stereocenters. The largest absolute Gasteiger partial charge is 0.481 e. The predicted octanol–water partition coefficient (Wildman–Crippen LogP) is 11.8. The number of carboxylic acids is 1. The van der Waals surface area contributed by atoms with Gasteiger partial charge in [0.1, 0.15) is 5.82 Å². The fraction of sp³-hybridized carbons (Fsp3) is 0.258. The highest BCUT2D eigenvalue weighted by atomic mass is 79.9. The Bertz CT molecular complexity index is 3240. The third-order valence-corrected chi connectivity index (χ3v) is 17.5. The molecule has 1 amide bonds. The zero-order valence-electron chi connectivity index (χ0n) is 42.9. The van der Waals surface area contributed by atoms with Crippen LogP contribution in [0.1, 0.15) is 47.9 Å². The molecule has 408 valence electrons. The number of para-hydroxylation sites is 2. The number of carbonyl (C=O) groups excluding carboxylic acids is 3. The number of nitrogens with zero attached hydrogens (tertiary/aromatic N) is 4. The number of hydrogen-bond donors (Lipinski definition) is 4. The molecule has 17 heteroatoms. The molecule has 3 heterocycles. The standard InChI is InChI=1S/C20H19N3O2.C11H10BrClO.C11H11BrO2.C11H10O2.C9H9N3.BrH/c24-14-16-13-20(16,15-7-3-1-4-8-15)19(25)21-18-11-12-23(22-18)17-9-5-2-6-10-17;2*12-7-9-6-11(9,10(13)14)8-4-2-1-3-5-8;12-10-11(6-9(11)7-13-10)8-4-2-1-3-5-8;10-9-6-7-12(11-9)8-4-2-1-3-5-8;/h1-12,16,24H,13-14H2,(H,21,22,25);1-5,9H,6-7H2;1-5,9H,6-7H2,(H,13,14);1-5,9H,6-7H2;1-7H,(H2,10,11);1H. The van der Waals surface area contributed by atoms with Gasteiger partial charge in [-0.25, -0.2) is 9.36 Å². The van der Waals surface area contributed by atoms with Gasteiger partial charge in [-0.15, -0.1) is 17.0 Å². The molecule has 8 aromatic rings. The Hall–Kier alpha value is -6.69. The number of nitrogens with one attached hydrogen (secondary N) is 1. The van der Waals surface area contributed by atoms with E-state index in [9.17, 15) is 29.4 Å². The topological polar surface area (TPSA) is 192 Å². The van der Waals surface area contributed by atoms with Crippen LogP contribution in [0.2, 0.25) is 0 Å². The van der Waals surface area contributed by atoms with Crippen molar-refractivity contribution in [2.45, 2.75) is 47.3 Å². The second kappa shape index (κ2) is 25.6. The van der Waals surface area contributed by atoms with Crippen molar-refractivity contribution >= 4 is 95.2 Å². The fourth-order valence-electron chi connectivity index (χ4n) is 10.7. The number of fused-ring (bicyclic) bond motifs is 1. The van der Waals surface area contributed by atoms with Gasteiger partial charge in [-0.05, 0) is 95.6 Å². The molecule has 79 heavy (non-hydrogen) atoms. The Morgan fingerprint density at radius 2 is 1.01 bits per heavy atom. The van der Waals surface area contributed by atoms with Crippen LogP contribution in [-0.2, 0) is 45.6 Å². The highest BCUT2D eigenvalue weighted by Crippen LogP contribution is 2.59. The molecule has 0 bridgehead atoms. The molecule has 1 aliphatic heterocycles. The van der Waals surface area contributed by atoms with Gasteiger partial charge in [0, 0.05) is 53.6 Å². The quantitative estimate of drug-likeness (QED) is 0.0491. The molecule has 13 nitrogen and oxygen atoms in total. The predicted molar refractivity (Wildman–Crippen MR) is 320 cm³/mol. The number of nitrogens with two attached hydrogens (primary N) is 1. The number of esters is 1. The third kappa shape index (κ3) is 12.4. The van der Waals surface area contributed by atoms with Crippen LogP contribution in [0, 0.1) is 23.7 Å². The van der Waals surface area contributed by atoms with Crippen molar-refractivity contribution in [3.63, 3.8) is 0 Å². The summed E-state index contributed by atoms with van der Waals surface area (Å²) in [5.74, 6) is 1.20. The molecule has 4 saturated carbocycles. The number of rotatable bonds is 13. The highest BCUT2D eigenvalue weighted by Gasteiger charge is 2.67. The molecular formula is C62H60Br3ClN6O7. The molecule has 13 rings (SSSR count). The maximum Gasteiger partial charge on any atom is 0.317 e. The van der Waals surface area contributed by atoms with Crippen LogP contribution in [0.5, 0.6) is 0 Å². The van der Waals surface area contributed by atoms with E-state index in [-0.39, 0.29) is 58.0 Å². The van der Waals surface area contributed by atoms with Crippen molar-refractivity contribution in [2.24, 2.45) is 23.7 Å². The van der Waals surface area contributed by atoms with Crippen molar-refractivity contribution < 1.29 is 34.1 Å². The van der Waals surface area contributed by atoms with Crippen LogP contribution in [0.4, 0.5) is 11.6 Å². The fourth-order valence-corrected chi connectivity index (χ4v) is 12.6. The molecule has 0 spiro atoms. The van der Waals surface area contributed by atoms with E-state index in [1.807, 2.05) is 194 Å². The number of aromatic nitrogens is 4. The Morgan fingerprint density at radius 1 is 0.595 bits per heavy atom. The van der Waals surface area contributed by atoms with Gasteiger partial charge in [-0.2, -0.15) is 10.2 Å². The minimum Gasteiger partial charge on any atom is -0.481 e. The van der Waals surface area contributed by atoms with Crippen molar-refractivity contribution in [3.8, 4) is 11.4 Å². The number of halogens is 4. The first kappa shape index (κ1) is 58.5. The van der Waals surface area contributed by atoms with Crippen LogP contribution in [-0.4, -0.2) is 76.7 Å². The van der Waals surface area contributed by atoms with Gasteiger partial charge in [0.25, 0.3) is 0 Å². The normalized spacial score (nSPS) is 24.8. The van der Waals surface area contributed by atoms with E-state index in [0.29, 0.717) is 36.5 Å². The zero-order chi connectivity index (χ0) is 54.9. The summed E-state index contributed by atoms with van der Waals surface area (Å²) < 4.78 is 8.50. The Balaban J connectivity index is 0.000000134. The lowest BCUT2D eigenvalue weighted by Gasteiger charge is -2.16. The van der Waals surface area contributed by atoms with E-state index < -0.39 is 22.2 Å². The minimum atomic E-state index is -0.701. The highest BCUT2D eigenvalue weighted by molar-refractivity contribution is 9.09. The number of nitrogen functional groups attached to an aromatic ring is 1. The molecule has 1 saturated heterocycles. The number of carbonyl (C=O) groups is 4. The second-order valence-corrected chi connectivity index (χ2v) is 21.7. The van der Waals surface area contributed by atoms with E-state index in [1.165, 1.54) is 0 Å². The van der Waals surface area contributed by atoms with Crippen LogP contribution in [0.3, 0.4) is 0 Å².